The number of H-pyrrole nitrogens is 1. The van der Waals surface area contributed by atoms with Crippen molar-refractivity contribution in [3.63, 3.8) is 0 Å². The second kappa shape index (κ2) is 9.19. The third-order valence-electron chi connectivity index (χ3n) is 5.19. The molecular weight excluding hydrogens is 345 g/mol. The largest absolute Gasteiger partial charge is 0.379 e. The van der Waals surface area contributed by atoms with Crippen molar-refractivity contribution in [1.82, 2.24) is 20.5 Å². The number of nitrogens with one attached hydrogen (secondary N) is 3. The van der Waals surface area contributed by atoms with E-state index >= 15 is 0 Å². The smallest absolute Gasteiger partial charge is 0.191 e. The topological polar surface area (TPSA) is 64.7 Å². The summed E-state index contributed by atoms with van der Waals surface area (Å²) in [7, 11) is 1.78. The van der Waals surface area contributed by atoms with E-state index in [0.29, 0.717) is 12.1 Å². The van der Waals surface area contributed by atoms with Crippen LogP contribution in [-0.2, 0) is 11.2 Å². The van der Waals surface area contributed by atoms with Crippen LogP contribution in [0, 0.1) is 5.82 Å². The third-order valence-corrected chi connectivity index (χ3v) is 5.19. The fraction of sp³-hybridized carbons (Fsp3) is 0.550. The van der Waals surface area contributed by atoms with Crippen molar-refractivity contribution in [2.75, 3.05) is 39.9 Å². The Bertz CT molecular complexity index is 775. The second-order valence-corrected chi connectivity index (χ2v) is 7.14. The molecule has 6 nitrogen and oxygen atoms in total. The normalized spacial score (nSPS) is 20.0. The summed E-state index contributed by atoms with van der Waals surface area (Å²) in [5.74, 6) is 0.580. The number of benzene rings is 1. The zero-order chi connectivity index (χ0) is 19.2. The molecule has 1 saturated heterocycles. The molecular formula is C20H30FN5O. The molecule has 1 aliphatic heterocycles. The predicted molar refractivity (Wildman–Crippen MR) is 108 cm³/mol. The van der Waals surface area contributed by atoms with Gasteiger partial charge < -0.3 is 20.4 Å². The highest BCUT2D eigenvalue weighted by Gasteiger charge is 2.23. The molecule has 0 spiro atoms. The quantitative estimate of drug-likeness (QED) is 0.535. The molecule has 2 aromatic rings. The van der Waals surface area contributed by atoms with Gasteiger partial charge in [0.25, 0.3) is 0 Å². The van der Waals surface area contributed by atoms with E-state index in [9.17, 15) is 4.39 Å². The number of ether oxygens (including phenoxy) is 1. The summed E-state index contributed by atoms with van der Waals surface area (Å²) in [6, 6.07) is 5.71. The van der Waals surface area contributed by atoms with Crippen molar-refractivity contribution in [3.05, 3.63) is 35.8 Å². The Kier molecular flexibility index (Phi) is 6.68. The van der Waals surface area contributed by atoms with Gasteiger partial charge in [-0.15, -0.1) is 0 Å². The molecule has 1 fully saturated rings. The van der Waals surface area contributed by atoms with Gasteiger partial charge in [0.2, 0.25) is 0 Å². The van der Waals surface area contributed by atoms with Gasteiger partial charge in [-0.25, -0.2) is 4.39 Å². The van der Waals surface area contributed by atoms with Gasteiger partial charge in [-0.2, -0.15) is 0 Å². The average molecular weight is 375 g/mol. The Balaban J connectivity index is 1.46. The zero-order valence-electron chi connectivity index (χ0n) is 16.4. The monoisotopic (exact) mass is 375 g/mol. The van der Waals surface area contributed by atoms with E-state index in [1.165, 1.54) is 17.7 Å². The van der Waals surface area contributed by atoms with Crippen LogP contribution in [0.4, 0.5) is 4.39 Å². The lowest BCUT2D eigenvalue weighted by atomic mass is 10.1. The lowest BCUT2D eigenvalue weighted by Gasteiger charge is -2.38. The maximum Gasteiger partial charge on any atom is 0.191 e. The first-order valence-corrected chi connectivity index (χ1v) is 9.62. The number of hydrogen-bond donors (Lipinski definition) is 3. The highest BCUT2D eigenvalue weighted by Crippen LogP contribution is 2.19. The minimum absolute atomic E-state index is 0.220. The summed E-state index contributed by atoms with van der Waals surface area (Å²) < 4.78 is 18.8. The number of morpholine rings is 1. The van der Waals surface area contributed by atoms with Crippen LogP contribution in [0.5, 0.6) is 0 Å². The first-order chi connectivity index (χ1) is 13.1. The summed E-state index contributed by atoms with van der Waals surface area (Å²) in [5, 5.41) is 7.84. The van der Waals surface area contributed by atoms with Crippen LogP contribution < -0.4 is 10.6 Å². The van der Waals surface area contributed by atoms with Crippen molar-refractivity contribution >= 4 is 16.9 Å². The molecule has 0 saturated carbocycles. The molecule has 0 aliphatic carbocycles. The number of aromatic nitrogens is 1. The van der Waals surface area contributed by atoms with Crippen LogP contribution in [0.3, 0.4) is 0 Å². The fourth-order valence-electron chi connectivity index (χ4n) is 3.66. The van der Waals surface area contributed by atoms with E-state index < -0.39 is 0 Å². The van der Waals surface area contributed by atoms with E-state index in [1.54, 1.807) is 7.05 Å². The van der Waals surface area contributed by atoms with Crippen LogP contribution >= 0.6 is 0 Å². The van der Waals surface area contributed by atoms with Gasteiger partial charge in [0, 0.05) is 55.9 Å². The van der Waals surface area contributed by atoms with Crippen molar-refractivity contribution in [2.45, 2.75) is 32.4 Å². The maximum atomic E-state index is 13.3. The van der Waals surface area contributed by atoms with E-state index in [0.717, 1.165) is 56.1 Å². The molecule has 148 valence electrons. The number of hydrogen-bond acceptors (Lipinski definition) is 3. The first kappa shape index (κ1) is 19.6. The Morgan fingerprint density at radius 1 is 1.44 bits per heavy atom. The van der Waals surface area contributed by atoms with Crippen molar-refractivity contribution in [3.8, 4) is 0 Å². The summed E-state index contributed by atoms with van der Waals surface area (Å²) in [4.78, 5) is 9.91. The summed E-state index contributed by atoms with van der Waals surface area (Å²) >= 11 is 0. The summed E-state index contributed by atoms with van der Waals surface area (Å²) in [6.07, 6.45) is 2.78. The molecule has 1 aromatic heterocycles. The van der Waals surface area contributed by atoms with E-state index in [2.05, 4.69) is 39.4 Å². The SMILES string of the molecule is CN=C(NCCc1c[nH]c2cc(F)ccc12)NCC(C)N1CCOCC1C. The molecule has 1 aromatic carbocycles. The van der Waals surface area contributed by atoms with E-state index in [-0.39, 0.29) is 5.82 Å². The molecule has 0 radical (unpaired) electrons. The number of halogens is 1. The van der Waals surface area contributed by atoms with Crippen molar-refractivity contribution in [2.24, 2.45) is 4.99 Å². The molecule has 2 unspecified atom stereocenters. The minimum atomic E-state index is -0.220. The Morgan fingerprint density at radius 3 is 3.07 bits per heavy atom. The van der Waals surface area contributed by atoms with Gasteiger partial charge >= 0.3 is 0 Å². The van der Waals surface area contributed by atoms with Gasteiger partial charge in [0.05, 0.1) is 13.2 Å². The van der Waals surface area contributed by atoms with Gasteiger partial charge in [-0.1, -0.05) is 0 Å². The molecule has 27 heavy (non-hydrogen) atoms. The fourth-order valence-corrected chi connectivity index (χ4v) is 3.66. The first-order valence-electron chi connectivity index (χ1n) is 9.62. The number of aliphatic imine (C=N–C) groups is 1. The number of guanidine groups is 1. The maximum absolute atomic E-state index is 13.3. The predicted octanol–water partition coefficient (Wildman–Crippen LogP) is 2.12. The summed E-state index contributed by atoms with van der Waals surface area (Å²) in [5.41, 5.74) is 2.00. The molecule has 2 heterocycles. The van der Waals surface area contributed by atoms with Crippen LogP contribution in [0.25, 0.3) is 10.9 Å². The molecule has 0 amide bonds. The van der Waals surface area contributed by atoms with Gasteiger partial charge in [-0.05, 0) is 44.0 Å². The van der Waals surface area contributed by atoms with Gasteiger partial charge in [0.15, 0.2) is 5.96 Å². The number of rotatable bonds is 6. The van der Waals surface area contributed by atoms with Crippen LogP contribution in [0.2, 0.25) is 0 Å². The van der Waals surface area contributed by atoms with Crippen molar-refractivity contribution in [1.29, 1.82) is 0 Å². The van der Waals surface area contributed by atoms with Crippen LogP contribution in [0.1, 0.15) is 19.4 Å². The molecule has 7 heteroatoms. The summed E-state index contributed by atoms with van der Waals surface area (Å²) in [6.45, 7) is 8.59. The zero-order valence-corrected chi connectivity index (χ0v) is 16.4. The van der Waals surface area contributed by atoms with E-state index in [4.69, 9.17) is 4.74 Å². The van der Waals surface area contributed by atoms with Gasteiger partial charge in [-0.3, -0.25) is 9.89 Å². The number of nitrogens with zero attached hydrogens (tertiary/aromatic N) is 2. The Morgan fingerprint density at radius 2 is 2.30 bits per heavy atom. The lowest BCUT2D eigenvalue weighted by molar-refractivity contribution is -0.0174. The minimum Gasteiger partial charge on any atom is -0.379 e. The molecule has 1 aliphatic rings. The standard InChI is InChI=1S/C20H30FN5O/c1-14(26-8-9-27-13-15(26)2)11-25-20(22-3)23-7-6-16-12-24-19-10-17(21)4-5-18(16)19/h4-5,10,12,14-15,24H,6-9,11,13H2,1-3H3,(H2,22,23,25). The van der Waals surface area contributed by atoms with Crippen LogP contribution in [0.15, 0.2) is 29.4 Å². The second-order valence-electron chi connectivity index (χ2n) is 7.14. The lowest BCUT2D eigenvalue weighted by Crippen LogP contribution is -2.53. The number of fused-ring (bicyclic) bond motifs is 1. The van der Waals surface area contributed by atoms with E-state index in [1.807, 2.05) is 12.3 Å². The third kappa shape index (κ3) is 4.99. The molecule has 3 rings (SSSR count). The van der Waals surface area contributed by atoms with Crippen molar-refractivity contribution < 1.29 is 9.13 Å². The molecule has 0 bridgehead atoms. The highest BCUT2D eigenvalue weighted by molar-refractivity contribution is 5.83. The average Bonchev–Trinajstić information content (AvgIpc) is 3.06. The Hall–Kier alpha value is -2.12. The molecule has 3 N–H and O–H groups in total. The highest BCUT2D eigenvalue weighted by atomic mass is 19.1. The number of aromatic amines is 1. The Labute approximate surface area is 160 Å². The molecule has 2 atom stereocenters. The van der Waals surface area contributed by atoms with Crippen LogP contribution in [-0.4, -0.2) is 67.8 Å². The van der Waals surface area contributed by atoms with Gasteiger partial charge in [0.1, 0.15) is 5.82 Å².